The van der Waals surface area contributed by atoms with E-state index in [0.29, 0.717) is 0 Å². The second-order valence-electron chi connectivity index (χ2n) is 5.20. The summed E-state index contributed by atoms with van der Waals surface area (Å²) in [4.78, 5) is 11.4. The van der Waals surface area contributed by atoms with Gasteiger partial charge in [-0.15, -0.1) is 0 Å². The minimum absolute atomic E-state index is 0.0110. The topological polar surface area (TPSA) is 93.1 Å². The minimum Gasteiger partial charge on any atom is -0.465 e. The van der Waals surface area contributed by atoms with Crippen molar-refractivity contribution in [3.05, 3.63) is 28.8 Å². The van der Waals surface area contributed by atoms with Crippen molar-refractivity contribution in [1.82, 2.24) is 4.31 Å². The van der Waals surface area contributed by atoms with Crippen LogP contribution in [-0.2, 0) is 19.5 Å². The molecule has 0 bridgehead atoms. The summed E-state index contributed by atoms with van der Waals surface area (Å²) in [6.07, 6.45) is -0.594. The number of aliphatic hydroxyl groups is 1. The fraction of sp³-hybridized carbons (Fsp3) is 0.500. The van der Waals surface area contributed by atoms with Gasteiger partial charge in [0.1, 0.15) is 4.90 Å². The SMILES string of the molecule is COC(=O)c1ccc(Cl)c(S(=O)(=O)N2C[C@H](CO)OC[C@H]2C)c1. The van der Waals surface area contributed by atoms with E-state index in [4.69, 9.17) is 16.3 Å². The van der Waals surface area contributed by atoms with Crippen LogP contribution in [0.25, 0.3) is 0 Å². The maximum atomic E-state index is 12.9. The smallest absolute Gasteiger partial charge is 0.337 e. The highest BCUT2D eigenvalue weighted by Crippen LogP contribution is 2.29. The average molecular weight is 364 g/mol. The van der Waals surface area contributed by atoms with E-state index in [9.17, 15) is 18.3 Å². The van der Waals surface area contributed by atoms with E-state index in [1.54, 1.807) is 6.92 Å². The third kappa shape index (κ3) is 3.67. The van der Waals surface area contributed by atoms with Crippen LogP contribution in [0.5, 0.6) is 0 Å². The molecular weight excluding hydrogens is 346 g/mol. The van der Waals surface area contributed by atoms with Crippen LogP contribution in [0.3, 0.4) is 0 Å². The molecule has 1 aliphatic heterocycles. The maximum absolute atomic E-state index is 12.9. The second kappa shape index (κ2) is 7.14. The van der Waals surface area contributed by atoms with E-state index < -0.39 is 28.1 Å². The molecule has 2 rings (SSSR count). The summed E-state index contributed by atoms with van der Waals surface area (Å²) in [5.74, 6) is -0.652. The van der Waals surface area contributed by atoms with Crippen molar-refractivity contribution in [2.24, 2.45) is 0 Å². The first-order valence-corrected chi connectivity index (χ1v) is 8.75. The zero-order chi connectivity index (χ0) is 17.2. The number of esters is 1. The van der Waals surface area contributed by atoms with Gasteiger partial charge in [-0.3, -0.25) is 0 Å². The molecule has 128 valence electrons. The number of aliphatic hydroxyl groups excluding tert-OH is 1. The molecule has 1 aromatic rings. The molecule has 1 saturated heterocycles. The zero-order valence-corrected chi connectivity index (χ0v) is 14.3. The molecule has 0 aliphatic carbocycles. The summed E-state index contributed by atoms with van der Waals surface area (Å²) < 4.78 is 37.0. The van der Waals surface area contributed by atoms with Crippen LogP contribution in [0.4, 0.5) is 0 Å². The highest BCUT2D eigenvalue weighted by molar-refractivity contribution is 7.89. The van der Waals surface area contributed by atoms with Gasteiger partial charge in [0.25, 0.3) is 0 Å². The molecule has 0 spiro atoms. The molecule has 1 aromatic carbocycles. The lowest BCUT2D eigenvalue weighted by Crippen LogP contribution is -2.51. The van der Waals surface area contributed by atoms with Crippen molar-refractivity contribution in [3.8, 4) is 0 Å². The van der Waals surface area contributed by atoms with Crippen molar-refractivity contribution in [1.29, 1.82) is 0 Å². The van der Waals surface area contributed by atoms with Gasteiger partial charge in [-0.1, -0.05) is 11.6 Å². The van der Waals surface area contributed by atoms with Gasteiger partial charge in [-0.25, -0.2) is 13.2 Å². The first-order valence-electron chi connectivity index (χ1n) is 6.93. The number of methoxy groups -OCH3 is 1. The van der Waals surface area contributed by atoms with E-state index in [1.165, 1.54) is 29.6 Å². The second-order valence-corrected chi connectivity index (χ2v) is 7.46. The van der Waals surface area contributed by atoms with Crippen molar-refractivity contribution in [2.45, 2.75) is 24.0 Å². The van der Waals surface area contributed by atoms with E-state index in [2.05, 4.69) is 4.74 Å². The lowest BCUT2D eigenvalue weighted by molar-refractivity contribution is -0.0516. The van der Waals surface area contributed by atoms with Gasteiger partial charge in [0, 0.05) is 12.6 Å². The van der Waals surface area contributed by atoms with Gasteiger partial charge in [-0.05, 0) is 25.1 Å². The Kier molecular flexibility index (Phi) is 5.64. The van der Waals surface area contributed by atoms with Gasteiger partial charge >= 0.3 is 5.97 Å². The Morgan fingerprint density at radius 3 is 2.83 bits per heavy atom. The number of benzene rings is 1. The fourth-order valence-electron chi connectivity index (χ4n) is 2.31. The molecule has 0 amide bonds. The van der Waals surface area contributed by atoms with Crippen molar-refractivity contribution < 1.29 is 27.8 Å². The first kappa shape index (κ1) is 18.2. The highest BCUT2D eigenvalue weighted by atomic mass is 35.5. The molecule has 0 unspecified atom stereocenters. The highest BCUT2D eigenvalue weighted by Gasteiger charge is 2.36. The van der Waals surface area contributed by atoms with Gasteiger partial charge < -0.3 is 14.6 Å². The number of hydrogen-bond donors (Lipinski definition) is 1. The molecule has 1 heterocycles. The number of rotatable bonds is 4. The van der Waals surface area contributed by atoms with Crippen LogP contribution in [0.1, 0.15) is 17.3 Å². The molecular formula is C14H18ClNO6S. The van der Waals surface area contributed by atoms with Crippen LogP contribution in [0.15, 0.2) is 23.1 Å². The van der Waals surface area contributed by atoms with Crippen LogP contribution in [0.2, 0.25) is 5.02 Å². The van der Waals surface area contributed by atoms with E-state index in [-0.39, 0.29) is 35.2 Å². The number of carbonyl (C=O) groups excluding carboxylic acids is 1. The van der Waals surface area contributed by atoms with Crippen LogP contribution in [-0.4, -0.2) is 62.8 Å². The Labute approximate surface area is 139 Å². The quantitative estimate of drug-likeness (QED) is 0.799. The summed E-state index contributed by atoms with van der Waals surface area (Å²) in [6, 6.07) is 3.52. The molecule has 2 atom stereocenters. The van der Waals surface area contributed by atoms with Crippen LogP contribution < -0.4 is 0 Å². The summed E-state index contributed by atoms with van der Waals surface area (Å²) in [5.41, 5.74) is 0.0927. The standard InChI is InChI=1S/C14H18ClNO6S/c1-9-8-22-11(7-17)6-16(9)23(19,20)13-5-10(14(18)21-2)3-4-12(13)15/h3-5,9,11,17H,6-8H2,1-2H3/t9-,11-/m1/s1. The molecule has 23 heavy (non-hydrogen) atoms. The molecule has 7 nitrogen and oxygen atoms in total. The first-order chi connectivity index (χ1) is 10.8. The molecule has 0 aromatic heterocycles. The Morgan fingerprint density at radius 1 is 1.52 bits per heavy atom. The predicted octanol–water partition coefficient (Wildman–Crippen LogP) is 0.897. The summed E-state index contributed by atoms with van der Waals surface area (Å²) in [5, 5.41) is 9.21. The Morgan fingerprint density at radius 2 is 2.22 bits per heavy atom. The van der Waals surface area contributed by atoms with Gasteiger partial charge in [0.05, 0.1) is 37.0 Å². The predicted molar refractivity (Wildman–Crippen MR) is 83.0 cm³/mol. The van der Waals surface area contributed by atoms with Gasteiger partial charge in [0.15, 0.2) is 0 Å². The van der Waals surface area contributed by atoms with Gasteiger partial charge in [-0.2, -0.15) is 4.31 Å². The van der Waals surface area contributed by atoms with Gasteiger partial charge in [0.2, 0.25) is 10.0 Å². The number of carbonyl (C=O) groups is 1. The number of halogens is 1. The molecule has 1 N–H and O–H groups in total. The maximum Gasteiger partial charge on any atom is 0.337 e. The number of nitrogens with zero attached hydrogens (tertiary/aromatic N) is 1. The molecule has 1 aliphatic rings. The Hall–Kier alpha value is -1.19. The molecule has 1 fully saturated rings. The number of morpholine rings is 1. The zero-order valence-electron chi connectivity index (χ0n) is 12.7. The lowest BCUT2D eigenvalue weighted by atomic mass is 10.2. The Balaban J connectivity index is 2.44. The van der Waals surface area contributed by atoms with E-state index in [1.807, 2.05) is 0 Å². The molecule has 0 radical (unpaired) electrons. The lowest BCUT2D eigenvalue weighted by Gasteiger charge is -2.36. The summed E-state index contributed by atoms with van der Waals surface area (Å²) in [6.45, 7) is 1.59. The normalized spacial score (nSPS) is 22.8. The minimum atomic E-state index is -3.95. The summed E-state index contributed by atoms with van der Waals surface area (Å²) in [7, 11) is -2.74. The van der Waals surface area contributed by atoms with Crippen molar-refractivity contribution >= 4 is 27.6 Å². The third-order valence-electron chi connectivity index (χ3n) is 3.59. The van der Waals surface area contributed by atoms with E-state index >= 15 is 0 Å². The summed E-state index contributed by atoms with van der Waals surface area (Å²) >= 11 is 6.03. The Bertz CT molecular complexity index is 693. The molecule has 0 saturated carbocycles. The number of hydrogen-bond acceptors (Lipinski definition) is 6. The third-order valence-corrected chi connectivity index (χ3v) is 6.05. The number of sulfonamides is 1. The monoisotopic (exact) mass is 363 g/mol. The van der Waals surface area contributed by atoms with Crippen LogP contribution >= 0.6 is 11.6 Å². The number of ether oxygens (including phenoxy) is 2. The average Bonchev–Trinajstić information content (AvgIpc) is 2.54. The fourth-order valence-corrected chi connectivity index (χ4v) is 4.46. The molecule has 9 heteroatoms. The van der Waals surface area contributed by atoms with Crippen molar-refractivity contribution in [3.63, 3.8) is 0 Å². The van der Waals surface area contributed by atoms with E-state index in [0.717, 1.165) is 0 Å². The van der Waals surface area contributed by atoms with Crippen LogP contribution in [0, 0.1) is 0 Å². The van der Waals surface area contributed by atoms with Crippen molar-refractivity contribution in [2.75, 3.05) is 26.9 Å². The largest absolute Gasteiger partial charge is 0.465 e.